The normalized spacial score (nSPS) is 10.6. The monoisotopic (exact) mass is 312 g/mol. The number of ketones is 1. The lowest BCUT2D eigenvalue weighted by Gasteiger charge is -2.07. The molecule has 0 atom stereocenters. The highest BCUT2D eigenvalue weighted by Crippen LogP contribution is 2.27. The van der Waals surface area contributed by atoms with Crippen LogP contribution in [0.25, 0.3) is 0 Å². The van der Waals surface area contributed by atoms with Gasteiger partial charge in [0, 0.05) is 0 Å². The topological polar surface area (TPSA) is 57.5 Å². The second-order valence-corrected chi connectivity index (χ2v) is 4.69. The predicted molar refractivity (Wildman–Crippen MR) is 76.1 cm³/mol. The molecule has 0 bridgehead atoms. The average molecular weight is 312 g/mol. The zero-order chi connectivity index (χ0) is 16.9. The van der Waals surface area contributed by atoms with Gasteiger partial charge in [0.25, 0.3) is 5.78 Å². The van der Waals surface area contributed by atoms with Crippen LogP contribution in [0.5, 0.6) is 11.5 Å². The zero-order valence-corrected chi connectivity index (χ0v) is 12.0. The standard InChI is InChI=1S/C9H7F3O2.C7H8O/c1-5-2-3-6(7(13)4-5)8(14)9(10,11)12;1-6-3-2-4-7(8)5-6/h2-4,13H,1H3;2-5,8H,1H3. The van der Waals surface area contributed by atoms with Crippen molar-refractivity contribution in [2.24, 2.45) is 0 Å². The highest BCUT2D eigenvalue weighted by Gasteiger charge is 2.40. The molecule has 0 unspecified atom stereocenters. The van der Waals surface area contributed by atoms with E-state index in [1.807, 2.05) is 19.1 Å². The fraction of sp³-hybridized carbons (Fsp3) is 0.188. The van der Waals surface area contributed by atoms with Gasteiger partial charge in [-0.2, -0.15) is 13.2 Å². The van der Waals surface area contributed by atoms with E-state index in [9.17, 15) is 18.0 Å². The number of halogens is 3. The number of hydrogen-bond acceptors (Lipinski definition) is 3. The first-order valence-corrected chi connectivity index (χ1v) is 6.28. The minimum atomic E-state index is -4.95. The molecule has 0 spiro atoms. The molecule has 2 aromatic rings. The maximum Gasteiger partial charge on any atom is 0.455 e. The average Bonchev–Trinajstić information content (AvgIpc) is 2.37. The van der Waals surface area contributed by atoms with Crippen molar-refractivity contribution in [3.63, 3.8) is 0 Å². The Hall–Kier alpha value is -2.50. The Balaban J connectivity index is 0.000000255. The highest BCUT2D eigenvalue weighted by molar-refractivity contribution is 6.02. The zero-order valence-electron chi connectivity index (χ0n) is 12.0. The quantitative estimate of drug-likeness (QED) is 0.778. The third-order valence-corrected chi connectivity index (χ3v) is 2.66. The second kappa shape index (κ2) is 6.98. The van der Waals surface area contributed by atoms with Crippen LogP contribution in [0.15, 0.2) is 42.5 Å². The molecule has 0 aliphatic rings. The van der Waals surface area contributed by atoms with Crippen LogP contribution in [0, 0.1) is 13.8 Å². The van der Waals surface area contributed by atoms with Crippen LogP contribution in [0.3, 0.4) is 0 Å². The number of Topliss-reactive ketones (excluding diaryl/α,β-unsaturated/α-hetero) is 1. The molecule has 2 aromatic carbocycles. The van der Waals surface area contributed by atoms with Gasteiger partial charge in [-0.3, -0.25) is 4.79 Å². The van der Waals surface area contributed by atoms with Gasteiger partial charge in [0.2, 0.25) is 0 Å². The fourth-order valence-corrected chi connectivity index (χ4v) is 1.61. The molecule has 0 aliphatic heterocycles. The lowest BCUT2D eigenvalue weighted by atomic mass is 10.1. The third-order valence-electron chi connectivity index (χ3n) is 2.66. The minimum absolute atomic E-state index is 0.338. The molecule has 22 heavy (non-hydrogen) atoms. The molecule has 118 valence electrons. The van der Waals surface area contributed by atoms with Crippen molar-refractivity contribution in [1.29, 1.82) is 0 Å². The number of hydrogen-bond donors (Lipinski definition) is 2. The van der Waals surface area contributed by atoms with E-state index in [1.165, 1.54) is 6.07 Å². The molecule has 0 fully saturated rings. The van der Waals surface area contributed by atoms with Crippen molar-refractivity contribution in [3.05, 3.63) is 59.2 Å². The Morgan fingerprint density at radius 3 is 1.95 bits per heavy atom. The Morgan fingerprint density at radius 1 is 0.955 bits per heavy atom. The summed E-state index contributed by atoms with van der Waals surface area (Å²) in [5.41, 5.74) is 0.953. The van der Waals surface area contributed by atoms with Crippen LogP contribution >= 0.6 is 0 Å². The highest BCUT2D eigenvalue weighted by atomic mass is 19.4. The van der Waals surface area contributed by atoms with Gasteiger partial charge in [-0.05, 0) is 49.2 Å². The van der Waals surface area contributed by atoms with Crippen molar-refractivity contribution in [1.82, 2.24) is 0 Å². The van der Waals surface area contributed by atoms with Crippen molar-refractivity contribution in [2.45, 2.75) is 20.0 Å². The van der Waals surface area contributed by atoms with Crippen molar-refractivity contribution < 1.29 is 28.2 Å². The minimum Gasteiger partial charge on any atom is -0.508 e. The van der Waals surface area contributed by atoms with Crippen molar-refractivity contribution in [2.75, 3.05) is 0 Å². The van der Waals surface area contributed by atoms with Crippen molar-refractivity contribution >= 4 is 5.78 Å². The van der Waals surface area contributed by atoms with Crippen LogP contribution in [0.4, 0.5) is 13.2 Å². The second-order valence-electron chi connectivity index (χ2n) is 4.69. The van der Waals surface area contributed by atoms with Gasteiger partial charge < -0.3 is 10.2 Å². The summed E-state index contributed by atoms with van der Waals surface area (Å²) < 4.78 is 35.9. The molecular formula is C16H15F3O3. The van der Waals surface area contributed by atoms with Crippen molar-refractivity contribution in [3.8, 4) is 11.5 Å². The van der Waals surface area contributed by atoms with Crippen LogP contribution in [0.1, 0.15) is 21.5 Å². The molecule has 0 radical (unpaired) electrons. The summed E-state index contributed by atoms with van der Waals surface area (Å²) in [6.07, 6.45) is -4.95. The summed E-state index contributed by atoms with van der Waals surface area (Å²) in [7, 11) is 0. The fourth-order valence-electron chi connectivity index (χ4n) is 1.61. The maximum atomic E-state index is 12.0. The van der Waals surface area contributed by atoms with E-state index in [4.69, 9.17) is 10.2 Å². The summed E-state index contributed by atoms with van der Waals surface area (Å²) in [4.78, 5) is 10.7. The number of aromatic hydroxyl groups is 2. The first kappa shape index (κ1) is 17.6. The SMILES string of the molecule is Cc1ccc(C(=O)C(F)(F)F)c(O)c1.Cc1cccc(O)c1. The number of carbonyl (C=O) groups is 1. The molecule has 3 nitrogen and oxygen atoms in total. The smallest absolute Gasteiger partial charge is 0.455 e. The van der Waals surface area contributed by atoms with E-state index in [1.54, 1.807) is 19.1 Å². The van der Waals surface area contributed by atoms with Gasteiger partial charge in [0.05, 0.1) is 5.56 Å². The summed E-state index contributed by atoms with van der Waals surface area (Å²) in [6.45, 7) is 3.54. The summed E-state index contributed by atoms with van der Waals surface area (Å²) in [5, 5.41) is 17.9. The molecule has 0 saturated carbocycles. The van der Waals surface area contributed by atoms with Crippen LogP contribution in [-0.2, 0) is 0 Å². The van der Waals surface area contributed by atoms with Gasteiger partial charge in [-0.25, -0.2) is 0 Å². The van der Waals surface area contributed by atoms with E-state index >= 15 is 0 Å². The van der Waals surface area contributed by atoms with Gasteiger partial charge in [0.15, 0.2) is 0 Å². The number of aryl methyl sites for hydroxylation is 2. The van der Waals surface area contributed by atoms with E-state index in [2.05, 4.69) is 0 Å². The molecule has 0 aromatic heterocycles. The number of phenolic OH excluding ortho intramolecular Hbond substituents is 2. The molecule has 6 heteroatoms. The van der Waals surface area contributed by atoms with E-state index < -0.39 is 23.3 Å². The summed E-state index contributed by atoms with van der Waals surface area (Å²) in [6, 6.07) is 10.6. The Morgan fingerprint density at radius 2 is 1.55 bits per heavy atom. The number of rotatable bonds is 1. The Labute approximate surface area is 125 Å². The number of benzene rings is 2. The number of phenols is 2. The largest absolute Gasteiger partial charge is 0.508 e. The molecule has 0 amide bonds. The summed E-state index contributed by atoms with van der Waals surface area (Å²) >= 11 is 0. The molecule has 2 rings (SSSR count). The van der Waals surface area contributed by atoms with E-state index in [0.29, 0.717) is 11.3 Å². The predicted octanol–water partition coefficient (Wildman–Crippen LogP) is 4.15. The molecule has 0 saturated heterocycles. The number of carbonyl (C=O) groups excluding carboxylic acids is 1. The Kier molecular flexibility index (Phi) is 5.56. The third kappa shape index (κ3) is 5.12. The molecule has 0 heterocycles. The van der Waals surface area contributed by atoms with Crippen LogP contribution in [0.2, 0.25) is 0 Å². The Bertz CT molecular complexity index is 647. The maximum absolute atomic E-state index is 12.0. The first-order valence-electron chi connectivity index (χ1n) is 6.28. The molecular weight excluding hydrogens is 297 g/mol. The van der Waals surface area contributed by atoms with Crippen LogP contribution < -0.4 is 0 Å². The van der Waals surface area contributed by atoms with E-state index in [-0.39, 0.29) is 0 Å². The van der Waals surface area contributed by atoms with Gasteiger partial charge in [-0.15, -0.1) is 0 Å². The molecule has 0 aliphatic carbocycles. The number of alkyl halides is 3. The lowest BCUT2D eigenvalue weighted by Crippen LogP contribution is -2.22. The lowest BCUT2D eigenvalue weighted by molar-refractivity contribution is -0.0886. The van der Waals surface area contributed by atoms with E-state index in [0.717, 1.165) is 17.7 Å². The van der Waals surface area contributed by atoms with Gasteiger partial charge in [-0.1, -0.05) is 18.2 Å². The van der Waals surface area contributed by atoms with Crippen LogP contribution in [-0.4, -0.2) is 22.2 Å². The first-order chi connectivity index (χ1) is 10.1. The summed E-state index contributed by atoms with van der Waals surface area (Å²) in [5.74, 6) is -2.34. The van der Waals surface area contributed by atoms with Gasteiger partial charge in [0.1, 0.15) is 11.5 Å². The molecule has 2 N–H and O–H groups in total. The van der Waals surface area contributed by atoms with Gasteiger partial charge >= 0.3 is 6.18 Å².